The van der Waals surface area contributed by atoms with Crippen LogP contribution in [0.5, 0.6) is 0 Å². The molecule has 0 N–H and O–H groups in total. The van der Waals surface area contributed by atoms with E-state index >= 15 is 0 Å². The van der Waals surface area contributed by atoms with Crippen molar-refractivity contribution in [3.63, 3.8) is 0 Å². The average molecular weight is 384 g/mol. The second-order valence-corrected chi connectivity index (χ2v) is 7.77. The van der Waals surface area contributed by atoms with Gasteiger partial charge in [-0.3, -0.25) is 10.1 Å². The summed E-state index contributed by atoms with van der Waals surface area (Å²) in [4.78, 5) is 10.4. The molecule has 0 bridgehead atoms. The van der Waals surface area contributed by atoms with Crippen molar-refractivity contribution in [2.24, 2.45) is 5.41 Å². The van der Waals surface area contributed by atoms with Gasteiger partial charge in [0.25, 0.3) is 5.69 Å². The molecule has 1 aliphatic rings. The Hall–Kier alpha value is -3.90. The minimum absolute atomic E-state index is 0.0386. The Morgan fingerprint density at radius 3 is 2.45 bits per heavy atom. The first-order valence-electron chi connectivity index (χ1n) is 9.17. The van der Waals surface area contributed by atoms with Crippen molar-refractivity contribution in [3.8, 4) is 17.8 Å². The molecule has 1 aliphatic carbocycles. The third-order valence-corrected chi connectivity index (χ3v) is 4.84. The van der Waals surface area contributed by atoms with Crippen molar-refractivity contribution in [2.45, 2.75) is 26.7 Å². The maximum absolute atomic E-state index is 10.9. The van der Waals surface area contributed by atoms with E-state index in [2.05, 4.69) is 13.8 Å². The highest BCUT2D eigenvalue weighted by Crippen LogP contribution is 2.39. The van der Waals surface area contributed by atoms with Gasteiger partial charge in [0.2, 0.25) is 0 Å². The minimum Gasteiger partial charge on any atom is -0.317 e. The number of nitrogens with zero attached hydrogens (tertiary/aromatic N) is 4. The van der Waals surface area contributed by atoms with Crippen LogP contribution in [0.25, 0.3) is 11.8 Å². The number of hydrogen-bond acceptors (Lipinski definition) is 4. The van der Waals surface area contributed by atoms with E-state index in [4.69, 9.17) is 0 Å². The van der Waals surface area contributed by atoms with Crippen molar-refractivity contribution in [2.75, 3.05) is 0 Å². The fourth-order valence-corrected chi connectivity index (χ4v) is 3.59. The smallest absolute Gasteiger partial charge is 0.269 e. The molecule has 144 valence electrons. The van der Waals surface area contributed by atoms with E-state index in [1.54, 1.807) is 12.1 Å². The lowest BCUT2D eigenvalue weighted by molar-refractivity contribution is -0.384. The molecule has 0 saturated carbocycles. The van der Waals surface area contributed by atoms with Gasteiger partial charge < -0.3 is 4.57 Å². The number of hydrogen-bond donors (Lipinski definition) is 0. The van der Waals surface area contributed by atoms with Crippen LogP contribution in [-0.2, 0) is 0 Å². The van der Waals surface area contributed by atoms with Crippen molar-refractivity contribution in [1.29, 1.82) is 10.5 Å². The number of rotatable bonds is 4. The summed E-state index contributed by atoms with van der Waals surface area (Å²) in [6.07, 6.45) is 9.35. The molecule has 3 rings (SSSR count). The normalized spacial score (nSPS) is 15.4. The van der Waals surface area contributed by atoms with Gasteiger partial charge in [0.1, 0.15) is 17.7 Å². The first kappa shape index (κ1) is 19.9. The molecule has 1 aromatic carbocycles. The van der Waals surface area contributed by atoms with Gasteiger partial charge in [-0.2, -0.15) is 10.5 Å². The van der Waals surface area contributed by atoms with Crippen LogP contribution in [0.4, 0.5) is 5.69 Å². The second kappa shape index (κ2) is 8.00. The van der Waals surface area contributed by atoms with Gasteiger partial charge in [-0.25, -0.2) is 0 Å². The minimum atomic E-state index is -0.417. The van der Waals surface area contributed by atoms with Crippen LogP contribution in [0.15, 0.2) is 71.5 Å². The molecule has 0 atom stereocenters. The van der Waals surface area contributed by atoms with E-state index in [0.29, 0.717) is 6.42 Å². The Bertz CT molecular complexity index is 1100. The standard InChI is InChI=1S/C23H20N4O2/c1-23(2)13-17(12-18(14-23)19(15-24)16-25)5-6-20-4-3-11-26(20)21-7-9-22(10-8-21)27(28)29/h3-12H,13-14H2,1-2H3/b6-5+. The van der Waals surface area contributed by atoms with E-state index in [1.807, 2.05) is 53.3 Å². The number of benzene rings is 1. The average Bonchev–Trinajstić information content (AvgIpc) is 3.15. The van der Waals surface area contributed by atoms with Crippen molar-refractivity contribution in [3.05, 3.63) is 87.3 Å². The fourth-order valence-electron chi connectivity index (χ4n) is 3.59. The summed E-state index contributed by atoms with van der Waals surface area (Å²) in [5.74, 6) is 0. The highest BCUT2D eigenvalue weighted by atomic mass is 16.6. The molecule has 29 heavy (non-hydrogen) atoms. The van der Waals surface area contributed by atoms with E-state index in [1.165, 1.54) is 12.1 Å². The second-order valence-electron chi connectivity index (χ2n) is 7.77. The van der Waals surface area contributed by atoms with Crippen LogP contribution in [-0.4, -0.2) is 9.49 Å². The molecule has 6 heteroatoms. The zero-order valence-electron chi connectivity index (χ0n) is 16.3. The fraction of sp³-hybridized carbons (Fsp3) is 0.217. The van der Waals surface area contributed by atoms with Gasteiger partial charge in [-0.15, -0.1) is 0 Å². The lowest BCUT2D eigenvalue weighted by Crippen LogP contribution is -2.17. The number of nitro benzene ring substituents is 1. The summed E-state index contributed by atoms with van der Waals surface area (Å²) in [5.41, 5.74) is 3.76. The molecule has 1 heterocycles. The lowest BCUT2D eigenvalue weighted by Gasteiger charge is -2.30. The largest absolute Gasteiger partial charge is 0.317 e. The van der Waals surface area contributed by atoms with Gasteiger partial charge in [0.05, 0.1) is 4.92 Å². The van der Waals surface area contributed by atoms with Crippen LogP contribution in [0.1, 0.15) is 32.4 Å². The Kier molecular flexibility index (Phi) is 5.47. The zero-order chi connectivity index (χ0) is 21.0. The van der Waals surface area contributed by atoms with E-state index in [-0.39, 0.29) is 16.7 Å². The van der Waals surface area contributed by atoms with E-state index < -0.39 is 4.92 Å². The maximum Gasteiger partial charge on any atom is 0.269 e. The highest BCUT2D eigenvalue weighted by Gasteiger charge is 2.26. The van der Waals surface area contributed by atoms with E-state index in [9.17, 15) is 20.6 Å². The molecule has 6 nitrogen and oxygen atoms in total. The highest BCUT2D eigenvalue weighted by molar-refractivity contribution is 5.57. The summed E-state index contributed by atoms with van der Waals surface area (Å²) in [7, 11) is 0. The van der Waals surface area contributed by atoms with Crippen LogP contribution < -0.4 is 0 Å². The molecule has 0 amide bonds. The molecule has 0 saturated heterocycles. The van der Waals surface area contributed by atoms with Crippen LogP contribution in [0.2, 0.25) is 0 Å². The van der Waals surface area contributed by atoms with Crippen molar-refractivity contribution >= 4 is 11.8 Å². The predicted molar refractivity (Wildman–Crippen MR) is 111 cm³/mol. The lowest BCUT2D eigenvalue weighted by atomic mass is 9.74. The maximum atomic E-state index is 10.9. The zero-order valence-corrected chi connectivity index (χ0v) is 16.3. The topological polar surface area (TPSA) is 95.6 Å². The third kappa shape index (κ3) is 4.51. The molecule has 0 radical (unpaired) electrons. The van der Waals surface area contributed by atoms with Gasteiger partial charge in [0.15, 0.2) is 0 Å². The molecule has 0 unspecified atom stereocenters. The number of allylic oxidation sites excluding steroid dienone is 5. The molecule has 0 fully saturated rings. The number of nitriles is 2. The summed E-state index contributed by atoms with van der Waals surface area (Å²) in [6, 6.07) is 14.2. The van der Waals surface area contributed by atoms with Crippen molar-refractivity contribution < 1.29 is 4.92 Å². The van der Waals surface area contributed by atoms with Crippen LogP contribution in [0.3, 0.4) is 0 Å². The molecule has 0 spiro atoms. The van der Waals surface area contributed by atoms with Gasteiger partial charge in [-0.1, -0.05) is 26.0 Å². The predicted octanol–water partition coefficient (Wildman–Crippen LogP) is 5.49. The van der Waals surface area contributed by atoms with E-state index in [0.717, 1.165) is 28.9 Å². The number of nitro groups is 1. The molecule has 0 aliphatic heterocycles. The number of aromatic nitrogens is 1. The van der Waals surface area contributed by atoms with Crippen LogP contribution in [0, 0.1) is 38.2 Å². The summed E-state index contributed by atoms with van der Waals surface area (Å²) < 4.78 is 1.95. The van der Waals surface area contributed by atoms with Gasteiger partial charge in [-0.05, 0) is 59.7 Å². The first-order chi connectivity index (χ1) is 13.8. The Morgan fingerprint density at radius 1 is 1.14 bits per heavy atom. The third-order valence-electron chi connectivity index (χ3n) is 4.84. The molecular weight excluding hydrogens is 364 g/mol. The van der Waals surface area contributed by atoms with Crippen LogP contribution >= 0.6 is 0 Å². The Balaban J connectivity index is 1.92. The number of non-ortho nitro benzene ring substituents is 1. The molecule has 2 aromatic rings. The SMILES string of the molecule is CC1(C)CC(/C=C/c2cccn2-c2ccc([N+](=O)[O-])cc2)=CC(=C(C#N)C#N)C1. The monoisotopic (exact) mass is 384 g/mol. The summed E-state index contributed by atoms with van der Waals surface area (Å²) in [6.45, 7) is 4.25. The van der Waals surface area contributed by atoms with Crippen molar-refractivity contribution in [1.82, 2.24) is 4.57 Å². The first-order valence-corrected chi connectivity index (χ1v) is 9.17. The van der Waals surface area contributed by atoms with Gasteiger partial charge in [0, 0.05) is 29.7 Å². The molecular formula is C23H20N4O2. The summed E-state index contributed by atoms with van der Waals surface area (Å²) >= 11 is 0. The van der Waals surface area contributed by atoms with Gasteiger partial charge >= 0.3 is 0 Å². The summed E-state index contributed by atoms with van der Waals surface area (Å²) in [5, 5.41) is 29.3. The Labute approximate surface area is 169 Å². The quantitative estimate of drug-likeness (QED) is 0.395. The molecule has 1 aromatic heterocycles. The Morgan fingerprint density at radius 2 is 1.83 bits per heavy atom.